The van der Waals surface area contributed by atoms with E-state index in [4.69, 9.17) is 9.84 Å². The highest BCUT2D eigenvalue weighted by molar-refractivity contribution is 7.13. The van der Waals surface area contributed by atoms with Gasteiger partial charge in [0.25, 0.3) is 0 Å². The van der Waals surface area contributed by atoms with Crippen molar-refractivity contribution in [1.29, 1.82) is 0 Å². The van der Waals surface area contributed by atoms with Gasteiger partial charge in [-0.3, -0.25) is 0 Å². The van der Waals surface area contributed by atoms with E-state index in [2.05, 4.69) is 11.9 Å². The van der Waals surface area contributed by atoms with Gasteiger partial charge in [-0.05, 0) is 19.8 Å². The van der Waals surface area contributed by atoms with Crippen LogP contribution in [0.3, 0.4) is 0 Å². The summed E-state index contributed by atoms with van der Waals surface area (Å²) in [7, 11) is 0. The third kappa shape index (κ3) is 3.28. The van der Waals surface area contributed by atoms with E-state index in [9.17, 15) is 4.79 Å². The Labute approximate surface area is 92.9 Å². The average Bonchev–Trinajstić information content (AvgIpc) is 2.57. The third-order valence-electron chi connectivity index (χ3n) is 1.81. The molecule has 0 saturated heterocycles. The summed E-state index contributed by atoms with van der Waals surface area (Å²) in [5.74, 6) is -0.388. The van der Waals surface area contributed by atoms with Crippen LogP contribution in [0.15, 0.2) is 0 Å². The predicted molar refractivity (Wildman–Crippen MR) is 58.2 cm³/mol. The number of aryl methyl sites for hydroxylation is 2. The van der Waals surface area contributed by atoms with Gasteiger partial charge in [-0.2, -0.15) is 0 Å². The van der Waals surface area contributed by atoms with Crippen LogP contribution in [0.4, 0.5) is 0 Å². The molecule has 0 amide bonds. The number of ether oxygens (including phenoxy) is 1. The summed E-state index contributed by atoms with van der Waals surface area (Å²) in [6.45, 7) is 3.76. The molecule has 0 saturated carbocycles. The number of carbonyl (C=O) groups excluding carboxylic acids is 1. The number of thiazole rings is 1. The second-order valence-corrected chi connectivity index (χ2v) is 4.22. The van der Waals surface area contributed by atoms with Gasteiger partial charge in [0, 0.05) is 0 Å². The average molecular weight is 229 g/mol. The topological polar surface area (TPSA) is 59.4 Å². The van der Waals surface area contributed by atoms with Crippen LogP contribution >= 0.6 is 11.3 Å². The van der Waals surface area contributed by atoms with Gasteiger partial charge >= 0.3 is 5.97 Å². The summed E-state index contributed by atoms with van der Waals surface area (Å²) in [5, 5.41) is 9.50. The maximum absolute atomic E-state index is 11.5. The van der Waals surface area contributed by atoms with Crippen molar-refractivity contribution in [2.75, 3.05) is 13.2 Å². The summed E-state index contributed by atoms with van der Waals surface area (Å²) in [6.07, 6.45) is 1.90. The summed E-state index contributed by atoms with van der Waals surface area (Å²) in [6, 6.07) is 0. The van der Waals surface area contributed by atoms with Crippen molar-refractivity contribution in [3.8, 4) is 0 Å². The molecule has 1 heterocycles. The van der Waals surface area contributed by atoms with E-state index >= 15 is 0 Å². The minimum absolute atomic E-state index is 0.0410. The Bertz CT molecular complexity index is 335. The van der Waals surface area contributed by atoms with Crippen molar-refractivity contribution in [3.05, 3.63) is 15.6 Å². The number of hydrogen-bond donors (Lipinski definition) is 1. The van der Waals surface area contributed by atoms with Crippen LogP contribution in [-0.4, -0.2) is 29.3 Å². The highest BCUT2D eigenvalue weighted by atomic mass is 32.1. The van der Waals surface area contributed by atoms with Gasteiger partial charge in [-0.15, -0.1) is 11.3 Å². The SMILES string of the molecule is CCCc1nc(C)c(C(=O)OCCO)s1. The van der Waals surface area contributed by atoms with Gasteiger partial charge in [0.1, 0.15) is 11.5 Å². The van der Waals surface area contributed by atoms with Crippen LogP contribution in [0.2, 0.25) is 0 Å². The first-order valence-corrected chi connectivity index (χ1v) is 5.75. The van der Waals surface area contributed by atoms with Crippen molar-refractivity contribution in [3.63, 3.8) is 0 Å². The lowest BCUT2D eigenvalue weighted by atomic mass is 10.3. The summed E-state index contributed by atoms with van der Waals surface area (Å²) in [5.41, 5.74) is 0.714. The lowest BCUT2D eigenvalue weighted by Gasteiger charge is -1.99. The number of nitrogens with zero attached hydrogens (tertiary/aromatic N) is 1. The molecule has 15 heavy (non-hydrogen) atoms. The molecule has 1 aromatic rings. The van der Waals surface area contributed by atoms with E-state index in [1.54, 1.807) is 6.92 Å². The minimum Gasteiger partial charge on any atom is -0.459 e. The van der Waals surface area contributed by atoms with Crippen LogP contribution in [0.5, 0.6) is 0 Å². The van der Waals surface area contributed by atoms with Gasteiger partial charge in [-0.1, -0.05) is 6.92 Å². The first kappa shape index (κ1) is 12.1. The monoisotopic (exact) mass is 229 g/mol. The van der Waals surface area contributed by atoms with Crippen molar-refractivity contribution in [2.24, 2.45) is 0 Å². The molecule has 0 aliphatic carbocycles. The molecular weight excluding hydrogens is 214 g/mol. The molecule has 1 N–H and O–H groups in total. The number of carbonyl (C=O) groups is 1. The second kappa shape index (κ2) is 5.82. The molecule has 0 bridgehead atoms. The Morgan fingerprint density at radius 3 is 2.93 bits per heavy atom. The molecule has 5 heteroatoms. The number of esters is 1. The zero-order chi connectivity index (χ0) is 11.3. The second-order valence-electron chi connectivity index (χ2n) is 3.13. The van der Waals surface area contributed by atoms with Crippen LogP contribution in [0.25, 0.3) is 0 Å². The van der Waals surface area contributed by atoms with Gasteiger partial charge in [0.15, 0.2) is 0 Å². The van der Waals surface area contributed by atoms with Gasteiger partial charge in [-0.25, -0.2) is 9.78 Å². The third-order valence-corrected chi connectivity index (χ3v) is 3.01. The number of aromatic nitrogens is 1. The zero-order valence-electron chi connectivity index (χ0n) is 8.95. The fraction of sp³-hybridized carbons (Fsp3) is 0.600. The number of aliphatic hydroxyl groups is 1. The van der Waals surface area contributed by atoms with E-state index in [1.807, 2.05) is 0 Å². The van der Waals surface area contributed by atoms with Crippen molar-refractivity contribution in [1.82, 2.24) is 4.98 Å². The molecule has 0 aliphatic heterocycles. The van der Waals surface area contributed by atoms with Gasteiger partial charge < -0.3 is 9.84 Å². The lowest BCUT2D eigenvalue weighted by molar-refractivity contribution is 0.0438. The van der Waals surface area contributed by atoms with Crippen LogP contribution < -0.4 is 0 Å². The highest BCUT2D eigenvalue weighted by Crippen LogP contribution is 2.20. The quantitative estimate of drug-likeness (QED) is 0.778. The molecule has 0 spiro atoms. The number of aliphatic hydroxyl groups excluding tert-OH is 1. The molecular formula is C10H15NO3S. The fourth-order valence-electron chi connectivity index (χ4n) is 1.17. The zero-order valence-corrected chi connectivity index (χ0v) is 9.76. The van der Waals surface area contributed by atoms with E-state index in [-0.39, 0.29) is 19.2 Å². The minimum atomic E-state index is -0.388. The van der Waals surface area contributed by atoms with E-state index < -0.39 is 0 Å². The van der Waals surface area contributed by atoms with Crippen molar-refractivity contribution < 1.29 is 14.6 Å². The molecule has 0 unspecified atom stereocenters. The first-order valence-electron chi connectivity index (χ1n) is 4.93. The maximum atomic E-state index is 11.5. The Morgan fingerprint density at radius 2 is 2.33 bits per heavy atom. The Kier molecular flexibility index (Phi) is 4.71. The van der Waals surface area contributed by atoms with Gasteiger partial charge in [0.2, 0.25) is 0 Å². The Morgan fingerprint density at radius 1 is 1.60 bits per heavy atom. The summed E-state index contributed by atoms with van der Waals surface area (Å²) in [4.78, 5) is 16.3. The summed E-state index contributed by atoms with van der Waals surface area (Å²) >= 11 is 1.38. The smallest absolute Gasteiger partial charge is 0.350 e. The predicted octanol–water partition coefficient (Wildman–Crippen LogP) is 1.55. The standard InChI is InChI=1S/C10H15NO3S/c1-3-4-8-11-7(2)9(15-8)10(13)14-6-5-12/h12H,3-6H2,1-2H3. The lowest BCUT2D eigenvalue weighted by Crippen LogP contribution is -2.08. The summed E-state index contributed by atoms with van der Waals surface area (Å²) < 4.78 is 4.83. The molecule has 0 atom stereocenters. The van der Waals surface area contributed by atoms with Gasteiger partial charge in [0.05, 0.1) is 17.3 Å². The van der Waals surface area contributed by atoms with Crippen LogP contribution in [0.1, 0.15) is 33.7 Å². The van der Waals surface area contributed by atoms with E-state index in [1.165, 1.54) is 11.3 Å². The molecule has 1 rings (SSSR count). The number of hydrogen-bond acceptors (Lipinski definition) is 5. The van der Waals surface area contributed by atoms with Crippen LogP contribution in [0, 0.1) is 6.92 Å². The first-order chi connectivity index (χ1) is 7.19. The molecule has 0 aromatic carbocycles. The normalized spacial score (nSPS) is 10.3. The van der Waals surface area contributed by atoms with E-state index in [0.717, 1.165) is 17.8 Å². The fourth-order valence-corrected chi connectivity index (χ4v) is 2.23. The van der Waals surface area contributed by atoms with Crippen molar-refractivity contribution in [2.45, 2.75) is 26.7 Å². The maximum Gasteiger partial charge on any atom is 0.350 e. The highest BCUT2D eigenvalue weighted by Gasteiger charge is 2.15. The Balaban J connectivity index is 2.71. The largest absolute Gasteiger partial charge is 0.459 e. The molecule has 0 fully saturated rings. The van der Waals surface area contributed by atoms with E-state index in [0.29, 0.717) is 10.6 Å². The molecule has 4 nitrogen and oxygen atoms in total. The van der Waals surface area contributed by atoms with Crippen LogP contribution in [-0.2, 0) is 11.2 Å². The molecule has 0 radical (unpaired) electrons. The molecule has 0 aliphatic rings. The number of rotatable bonds is 5. The Hall–Kier alpha value is -0.940. The molecule has 84 valence electrons. The molecule has 1 aromatic heterocycles. The van der Waals surface area contributed by atoms with Crippen molar-refractivity contribution >= 4 is 17.3 Å².